The van der Waals surface area contributed by atoms with Gasteiger partial charge in [-0.15, -0.1) is 9.24 Å². The fourth-order valence-electron chi connectivity index (χ4n) is 1.88. The van der Waals surface area contributed by atoms with Crippen molar-refractivity contribution in [1.29, 1.82) is 0 Å². The van der Waals surface area contributed by atoms with Crippen LogP contribution in [0.15, 0.2) is 0 Å². The van der Waals surface area contributed by atoms with E-state index in [0.29, 0.717) is 6.42 Å². The molecule has 1 rings (SSSR count). The summed E-state index contributed by atoms with van der Waals surface area (Å²) < 4.78 is 27.6. The average molecular weight is 322 g/mol. The molecule has 1 heterocycles. The van der Waals surface area contributed by atoms with Crippen molar-refractivity contribution in [3.05, 3.63) is 0 Å². The van der Waals surface area contributed by atoms with Gasteiger partial charge in [0.1, 0.15) is 12.7 Å². The first-order chi connectivity index (χ1) is 9.64. The zero-order valence-corrected chi connectivity index (χ0v) is 14.9. The van der Waals surface area contributed by atoms with E-state index in [9.17, 15) is 4.79 Å². The Hall–Kier alpha value is -0.260. The molecule has 0 aromatic carbocycles. The second-order valence-corrected chi connectivity index (χ2v) is 6.99. The van der Waals surface area contributed by atoms with Crippen molar-refractivity contribution in [1.82, 2.24) is 0 Å². The van der Waals surface area contributed by atoms with Crippen LogP contribution in [0.25, 0.3) is 0 Å². The molecule has 0 bridgehead atoms. The zero-order valence-electron chi connectivity index (χ0n) is 13.7. The van der Waals surface area contributed by atoms with E-state index in [0.717, 1.165) is 0 Å². The van der Waals surface area contributed by atoms with E-state index in [-0.39, 0.29) is 19.2 Å². The zero-order chi connectivity index (χ0) is 16.3. The Morgan fingerprint density at radius 2 is 1.90 bits per heavy atom. The van der Waals surface area contributed by atoms with Gasteiger partial charge in [0.05, 0.1) is 11.8 Å². The summed E-state index contributed by atoms with van der Waals surface area (Å²) in [5, 5.41) is -0.582. The Labute approximate surface area is 129 Å². The summed E-state index contributed by atoms with van der Waals surface area (Å²) in [6, 6.07) is 0. The predicted molar refractivity (Wildman–Crippen MR) is 81.0 cm³/mol. The van der Waals surface area contributed by atoms with Crippen LogP contribution in [0.5, 0.6) is 0 Å². The molecule has 0 amide bonds. The number of hydrogen-bond acceptors (Lipinski definition) is 6. The summed E-state index contributed by atoms with van der Waals surface area (Å²) in [7, 11) is 5.57. The van der Waals surface area contributed by atoms with E-state index in [2.05, 4.69) is 9.24 Å². The second kappa shape index (κ2) is 6.88. The molecule has 0 radical (unpaired) electrons. The molecule has 5 unspecified atom stereocenters. The maximum Gasteiger partial charge on any atom is 0.315 e. The first-order valence-corrected chi connectivity index (χ1v) is 7.60. The fourth-order valence-corrected chi connectivity index (χ4v) is 1.96. The molecule has 1 aliphatic heterocycles. The molecule has 0 aliphatic carbocycles. The van der Waals surface area contributed by atoms with Crippen LogP contribution in [0.2, 0.25) is 0 Å². The molecule has 1 aliphatic rings. The van der Waals surface area contributed by atoms with Crippen LogP contribution in [0, 0.1) is 0 Å². The maximum atomic E-state index is 12.0. The molecule has 21 heavy (non-hydrogen) atoms. The highest BCUT2D eigenvalue weighted by Gasteiger charge is 2.53. The third-order valence-electron chi connectivity index (χ3n) is 4.14. The van der Waals surface area contributed by atoms with E-state index in [1.54, 1.807) is 13.8 Å². The lowest BCUT2D eigenvalue weighted by Crippen LogP contribution is -2.63. The third-order valence-corrected chi connectivity index (χ3v) is 4.79. The van der Waals surface area contributed by atoms with Gasteiger partial charge in [0.25, 0.3) is 0 Å². The molecule has 0 N–H and O–H groups in total. The number of methoxy groups -OCH3 is 2. The van der Waals surface area contributed by atoms with E-state index in [1.807, 2.05) is 13.8 Å². The Balaban J connectivity index is 2.63. The SMILES string of the molecule is CCC(C)(P)C(=O)OCC1COC(C)(OC)C(C)(OC)O1. The van der Waals surface area contributed by atoms with Gasteiger partial charge in [-0.3, -0.25) is 4.79 Å². The normalized spacial score (nSPS) is 36.0. The highest BCUT2D eigenvalue weighted by Crippen LogP contribution is 2.36. The molecule has 0 aromatic heterocycles. The number of hydrogen-bond donors (Lipinski definition) is 0. The minimum absolute atomic E-state index is 0.113. The van der Waals surface area contributed by atoms with Crippen LogP contribution in [0.4, 0.5) is 0 Å². The van der Waals surface area contributed by atoms with Gasteiger partial charge in [-0.05, 0) is 27.2 Å². The number of ether oxygens (including phenoxy) is 5. The monoisotopic (exact) mass is 322 g/mol. The maximum absolute atomic E-state index is 12.0. The van der Waals surface area contributed by atoms with E-state index in [1.165, 1.54) is 14.2 Å². The Morgan fingerprint density at radius 3 is 2.38 bits per heavy atom. The molecule has 1 fully saturated rings. The standard InChI is InChI=1S/C14H27O6P/c1-7-12(2,21)11(15)18-8-10-9-19-13(3,16-5)14(4,17-6)20-10/h10H,7-9,21H2,1-6H3. The molecule has 7 heteroatoms. The lowest BCUT2D eigenvalue weighted by atomic mass is 10.1. The third kappa shape index (κ3) is 3.93. The number of carbonyl (C=O) groups excluding carboxylic acids is 1. The topological polar surface area (TPSA) is 63.2 Å². The highest BCUT2D eigenvalue weighted by atomic mass is 31.0. The summed E-state index contributed by atoms with van der Waals surface area (Å²) in [5.74, 6) is -2.37. The van der Waals surface area contributed by atoms with Crippen LogP contribution < -0.4 is 0 Å². The summed E-state index contributed by atoms with van der Waals surface area (Å²) in [6.45, 7) is 7.60. The quantitative estimate of drug-likeness (QED) is 0.548. The molecule has 6 nitrogen and oxygen atoms in total. The lowest BCUT2D eigenvalue weighted by molar-refractivity contribution is -0.432. The van der Waals surface area contributed by atoms with Gasteiger partial charge >= 0.3 is 5.97 Å². The van der Waals surface area contributed by atoms with Crippen molar-refractivity contribution in [3.8, 4) is 0 Å². The molecule has 5 atom stereocenters. The van der Waals surface area contributed by atoms with Crippen LogP contribution >= 0.6 is 9.24 Å². The van der Waals surface area contributed by atoms with Crippen LogP contribution in [-0.4, -0.2) is 56.2 Å². The van der Waals surface area contributed by atoms with E-state index < -0.39 is 22.8 Å². The molecule has 0 saturated carbocycles. The first kappa shape index (κ1) is 18.8. The van der Waals surface area contributed by atoms with E-state index in [4.69, 9.17) is 23.7 Å². The number of esters is 1. The fraction of sp³-hybridized carbons (Fsp3) is 0.929. The lowest BCUT2D eigenvalue weighted by Gasteiger charge is -2.48. The molecule has 0 spiro atoms. The molecule has 0 aromatic rings. The summed E-state index contributed by atoms with van der Waals surface area (Å²) >= 11 is 0. The van der Waals surface area contributed by atoms with Crippen LogP contribution in [0.1, 0.15) is 34.1 Å². The first-order valence-electron chi connectivity index (χ1n) is 7.02. The minimum Gasteiger partial charge on any atom is -0.462 e. The Kier molecular flexibility index (Phi) is 6.16. The second-order valence-electron chi connectivity index (χ2n) is 5.72. The van der Waals surface area contributed by atoms with Crippen LogP contribution in [-0.2, 0) is 28.5 Å². The van der Waals surface area contributed by atoms with Gasteiger partial charge in [0.15, 0.2) is 0 Å². The summed E-state index contributed by atoms with van der Waals surface area (Å²) in [4.78, 5) is 12.0. The van der Waals surface area contributed by atoms with Gasteiger partial charge in [-0.25, -0.2) is 0 Å². The molecule has 1 saturated heterocycles. The number of carbonyl (C=O) groups is 1. The van der Waals surface area contributed by atoms with E-state index >= 15 is 0 Å². The van der Waals surface area contributed by atoms with Gasteiger partial charge in [0, 0.05) is 14.2 Å². The van der Waals surface area contributed by atoms with Crippen molar-refractivity contribution in [3.63, 3.8) is 0 Å². The summed E-state index contributed by atoms with van der Waals surface area (Å²) in [5.41, 5.74) is 0. The van der Waals surface area contributed by atoms with Crippen LogP contribution in [0.3, 0.4) is 0 Å². The smallest absolute Gasteiger partial charge is 0.315 e. The highest BCUT2D eigenvalue weighted by molar-refractivity contribution is 7.20. The molecular formula is C14H27O6P. The molecule has 124 valence electrons. The largest absolute Gasteiger partial charge is 0.462 e. The van der Waals surface area contributed by atoms with Crippen molar-refractivity contribution < 1.29 is 28.5 Å². The minimum atomic E-state index is -1.08. The molecular weight excluding hydrogens is 295 g/mol. The predicted octanol–water partition coefficient (Wildman–Crippen LogP) is 1.71. The Morgan fingerprint density at radius 1 is 1.33 bits per heavy atom. The average Bonchev–Trinajstić information content (AvgIpc) is 2.48. The van der Waals surface area contributed by atoms with Crippen molar-refractivity contribution in [2.75, 3.05) is 27.4 Å². The Bertz CT molecular complexity index is 374. The summed E-state index contributed by atoms with van der Waals surface area (Å²) in [6.07, 6.45) is 0.274. The van der Waals surface area contributed by atoms with Gasteiger partial charge in [0.2, 0.25) is 11.6 Å². The van der Waals surface area contributed by atoms with Crippen molar-refractivity contribution >= 4 is 15.2 Å². The van der Waals surface area contributed by atoms with Gasteiger partial charge in [-0.1, -0.05) is 6.92 Å². The van der Waals surface area contributed by atoms with Crippen molar-refractivity contribution in [2.45, 2.75) is 57.0 Å². The van der Waals surface area contributed by atoms with Gasteiger partial charge < -0.3 is 23.7 Å². The van der Waals surface area contributed by atoms with Gasteiger partial charge in [-0.2, -0.15) is 0 Å². The van der Waals surface area contributed by atoms with Crippen molar-refractivity contribution in [2.24, 2.45) is 0 Å². The number of rotatable bonds is 6.